The Morgan fingerprint density at radius 3 is 2.62 bits per heavy atom. The molecule has 13 heavy (non-hydrogen) atoms. The topological polar surface area (TPSA) is 60.9 Å². The van der Waals surface area contributed by atoms with E-state index in [4.69, 9.17) is 5.73 Å². The highest BCUT2D eigenvalue weighted by atomic mass is 16.1. The van der Waals surface area contributed by atoms with E-state index >= 15 is 0 Å². The maximum Gasteiger partial charge on any atom is 0.239 e. The van der Waals surface area contributed by atoms with E-state index in [-0.39, 0.29) is 12.5 Å². The first-order chi connectivity index (χ1) is 6.22. The Kier molecular flexibility index (Phi) is 5.59. The maximum absolute atomic E-state index is 10.4. The fraction of sp³-hybridized carbons (Fsp3) is 0.556. The lowest BCUT2D eigenvalue weighted by Gasteiger charge is -1.93. The van der Waals surface area contributed by atoms with E-state index in [1.807, 2.05) is 27.0 Å². The normalized spacial score (nSPS) is 8.85. The minimum absolute atomic E-state index is 0.167. The Hall–Kier alpha value is -1.32. The van der Waals surface area contributed by atoms with Crippen LogP contribution in [0.2, 0.25) is 0 Å². The van der Waals surface area contributed by atoms with Gasteiger partial charge in [0.05, 0.1) is 6.20 Å². The molecule has 0 aliphatic heterocycles. The lowest BCUT2D eigenvalue weighted by molar-refractivity contribution is -0.118. The van der Waals surface area contributed by atoms with Crippen LogP contribution in [0.1, 0.15) is 26.3 Å². The van der Waals surface area contributed by atoms with Gasteiger partial charge in [-0.1, -0.05) is 20.8 Å². The van der Waals surface area contributed by atoms with Gasteiger partial charge in [0.1, 0.15) is 6.54 Å². The van der Waals surface area contributed by atoms with Crippen LogP contribution in [0.4, 0.5) is 0 Å². The number of hydrogen-bond acceptors (Lipinski definition) is 2. The Balaban J connectivity index is 0.000000671. The Bertz CT molecular complexity index is 255. The number of aryl methyl sites for hydroxylation is 1. The second kappa shape index (κ2) is 6.22. The van der Waals surface area contributed by atoms with Crippen LogP contribution >= 0.6 is 0 Å². The van der Waals surface area contributed by atoms with E-state index in [1.165, 1.54) is 0 Å². The number of carbonyl (C=O) groups is 1. The van der Waals surface area contributed by atoms with Gasteiger partial charge in [0, 0.05) is 6.20 Å². The van der Waals surface area contributed by atoms with E-state index in [1.54, 1.807) is 10.9 Å². The SMILES string of the molecule is CC.CCc1cnn(CC(N)=O)c1. The number of aromatic nitrogens is 2. The zero-order valence-electron chi connectivity index (χ0n) is 8.45. The highest BCUT2D eigenvalue weighted by Gasteiger charge is 1.98. The molecule has 0 radical (unpaired) electrons. The molecule has 74 valence electrons. The summed E-state index contributed by atoms with van der Waals surface area (Å²) >= 11 is 0. The molecule has 4 nitrogen and oxygen atoms in total. The molecule has 0 aliphatic rings. The number of carbonyl (C=O) groups excluding carboxylic acids is 1. The molecule has 2 N–H and O–H groups in total. The summed E-state index contributed by atoms with van der Waals surface area (Å²) in [5, 5.41) is 3.94. The standard InChI is InChI=1S/C7H11N3O.C2H6/c1-2-6-3-9-10(4-6)5-7(8)11;1-2/h3-4H,2,5H2,1H3,(H2,8,11);1-2H3. The van der Waals surface area contributed by atoms with E-state index in [9.17, 15) is 4.79 Å². The van der Waals surface area contributed by atoms with Gasteiger partial charge in [0.2, 0.25) is 5.91 Å². The minimum Gasteiger partial charge on any atom is -0.368 e. The first kappa shape index (κ1) is 11.7. The van der Waals surface area contributed by atoms with Gasteiger partial charge in [-0.2, -0.15) is 5.10 Å². The van der Waals surface area contributed by atoms with E-state index in [2.05, 4.69) is 5.10 Å². The predicted molar refractivity (Wildman–Crippen MR) is 52.1 cm³/mol. The summed E-state index contributed by atoms with van der Waals surface area (Å²) < 4.78 is 1.54. The third-order valence-corrected chi connectivity index (χ3v) is 1.41. The number of nitrogens with two attached hydrogens (primary N) is 1. The Morgan fingerprint density at radius 1 is 1.62 bits per heavy atom. The molecule has 0 aliphatic carbocycles. The van der Waals surface area contributed by atoms with Crippen LogP contribution in [0.15, 0.2) is 12.4 Å². The van der Waals surface area contributed by atoms with Crippen molar-refractivity contribution in [3.8, 4) is 0 Å². The van der Waals surface area contributed by atoms with E-state index in [0.717, 1.165) is 12.0 Å². The van der Waals surface area contributed by atoms with Crippen LogP contribution in [0.3, 0.4) is 0 Å². The predicted octanol–water partition coefficient (Wildman–Crippen LogP) is 0.957. The van der Waals surface area contributed by atoms with Crippen molar-refractivity contribution in [3.63, 3.8) is 0 Å². The molecule has 1 amide bonds. The second-order valence-corrected chi connectivity index (χ2v) is 2.37. The van der Waals surface area contributed by atoms with Crippen molar-refractivity contribution < 1.29 is 4.79 Å². The highest BCUT2D eigenvalue weighted by molar-refractivity contribution is 5.73. The molecule has 4 heteroatoms. The Labute approximate surface area is 78.7 Å². The molecule has 0 unspecified atom stereocenters. The average Bonchev–Trinajstić information content (AvgIpc) is 2.55. The van der Waals surface area contributed by atoms with Gasteiger partial charge in [0.15, 0.2) is 0 Å². The zero-order chi connectivity index (χ0) is 10.3. The number of nitrogens with zero attached hydrogens (tertiary/aromatic N) is 2. The summed E-state index contributed by atoms with van der Waals surface area (Å²) in [5.74, 6) is -0.365. The number of hydrogen-bond donors (Lipinski definition) is 1. The van der Waals surface area contributed by atoms with Gasteiger partial charge in [-0.05, 0) is 12.0 Å². The van der Waals surface area contributed by atoms with Crippen LogP contribution in [0.25, 0.3) is 0 Å². The summed E-state index contributed by atoms with van der Waals surface area (Å²) in [6.45, 7) is 6.20. The molecule has 0 atom stereocenters. The van der Waals surface area contributed by atoms with Gasteiger partial charge in [-0.25, -0.2) is 0 Å². The van der Waals surface area contributed by atoms with Crippen LogP contribution < -0.4 is 5.73 Å². The monoisotopic (exact) mass is 183 g/mol. The maximum atomic E-state index is 10.4. The molecule has 0 fully saturated rings. The quantitative estimate of drug-likeness (QED) is 0.758. The first-order valence-electron chi connectivity index (χ1n) is 4.52. The fourth-order valence-corrected chi connectivity index (χ4v) is 0.835. The van der Waals surface area contributed by atoms with Crippen molar-refractivity contribution in [2.45, 2.75) is 33.7 Å². The van der Waals surface area contributed by atoms with Gasteiger partial charge < -0.3 is 5.73 Å². The summed E-state index contributed by atoms with van der Waals surface area (Å²) in [5.41, 5.74) is 6.09. The molecule has 0 spiro atoms. The summed E-state index contributed by atoms with van der Waals surface area (Å²) in [6, 6.07) is 0. The van der Waals surface area contributed by atoms with E-state index < -0.39 is 0 Å². The second-order valence-electron chi connectivity index (χ2n) is 2.37. The molecule has 1 aromatic heterocycles. The first-order valence-corrected chi connectivity index (χ1v) is 4.52. The largest absolute Gasteiger partial charge is 0.368 e. The number of primary amides is 1. The van der Waals surface area contributed by atoms with Crippen molar-refractivity contribution in [2.24, 2.45) is 5.73 Å². The molecule has 1 aromatic rings. The van der Waals surface area contributed by atoms with Crippen molar-refractivity contribution >= 4 is 5.91 Å². The van der Waals surface area contributed by atoms with E-state index in [0.29, 0.717) is 0 Å². The van der Waals surface area contributed by atoms with Crippen LogP contribution in [0.5, 0.6) is 0 Å². The average molecular weight is 183 g/mol. The van der Waals surface area contributed by atoms with Crippen molar-refractivity contribution in [2.75, 3.05) is 0 Å². The molecular formula is C9H17N3O. The molecule has 1 rings (SSSR count). The number of rotatable bonds is 3. The fourth-order valence-electron chi connectivity index (χ4n) is 0.835. The molecule has 0 saturated heterocycles. The van der Waals surface area contributed by atoms with Crippen LogP contribution in [-0.2, 0) is 17.8 Å². The van der Waals surface area contributed by atoms with Gasteiger partial charge in [-0.3, -0.25) is 9.48 Å². The Morgan fingerprint density at radius 2 is 2.23 bits per heavy atom. The molecule has 0 saturated carbocycles. The summed E-state index contributed by atoms with van der Waals surface area (Å²) in [6.07, 6.45) is 4.49. The van der Waals surface area contributed by atoms with Gasteiger partial charge >= 0.3 is 0 Å². The van der Waals surface area contributed by atoms with Crippen LogP contribution in [0, 0.1) is 0 Å². The summed E-state index contributed by atoms with van der Waals surface area (Å²) in [4.78, 5) is 10.4. The van der Waals surface area contributed by atoms with Crippen molar-refractivity contribution in [3.05, 3.63) is 18.0 Å². The molecule has 1 heterocycles. The third kappa shape index (κ3) is 4.30. The minimum atomic E-state index is -0.365. The lowest BCUT2D eigenvalue weighted by Crippen LogP contribution is -2.18. The number of amides is 1. The molecule has 0 aromatic carbocycles. The van der Waals surface area contributed by atoms with Crippen molar-refractivity contribution in [1.82, 2.24) is 9.78 Å². The van der Waals surface area contributed by atoms with Gasteiger partial charge in [-0.15, -0.1) is 0 Å². The van der Waals surface area contributed by atoms with Crippen LogP contribution in [-0.4, -0.2) is 15.7 Å². The van der Waals surface area contributed by atoms with Crippen molar-refractivity contribution in [1.29, 1.82) is 0 Å². The molecular weight excluding hydrogens is 166 g/mol. The lowest BCUT2D eigenvalue weighted by atomic mass is 10.3. The smallest absolute Gasteiger partial charge is 0.239 e. The zero-order valence-corrected chi connectivity index (χ0v) is 8.45. The molecule has 0 bridgehead atoms. The summed E-state index contributed by atoms with van der Waals surface area (Å²) in [7, 11) is 0. The highest BCUT2D eigenvalue weighted by Crippen LogP contribution is 1.96. The third-order valence-electron chi connectivity index (χ3n) is 1.41. The van der Waals surface area contributed by atoms with Gasteiger partial charge in [0.25, 0.3) is 0 Å².